The highest BCUT2D eigenvalue weighted by atomic mass is 16.3. The molecule has 0 heterocycles. The number of benzene rings is 1. The lowest BCUT2D eigenvalue weighted by molar-refractivity contribution is 0.282. The Hall–Kier alpha value is -1.02. The van der Waals surface area contributed by atoms with Crippen molar-refractivity contribution in [3.05, 3.63) is 29.3 Å². The first kappa shape index (κ1) is 10.1. The van der Waals surface area contributed by atoms with Crippen LogP contribution in [0.1, 0.15) is 25.0 Å². The van der Waals surface area contributed by atoms with Crippen molar-refractivity contribution in [1.29, 1.82) is 0 Å². The van der Waals surface area contributed by atoms with Gasteiger partial charge in [0.25, 0.3) is 0 Å². The second-order valence-corrected chi connectivity index (χ2v) is 3.61. The minimum atomic E-state index is 0.114. The predicted octanol–water partition coefficient (Wildman–Crippen LogP) is 2.31. The highest BCUT2D eigenvalue weighted by Gasteiger charge is 2.00. The second-order valence-electron chi connectivity index (χ2n) is 3.61. The van der Waals surface area contributed by atoms with E-state index in [1.54, 1.807) is 0 Å². The molecule has 0 saturated carbocycles. The van der Waals surface area contributed by atoms with Crippen LogP contribution in [0, 0.1) is 6.92 Å². The van der Waals surface area contributed by atoms with E-state index in [1.807, 2.05) is 25.1 Å². The molecular weight excluding hydrogens is 162 g/mol. The van der Waals surface area contributed by atoms with E-state index in [0.29, 0.717) is 6.04 Å². The Labute approximate surface area is 79.6 Å². The number of hydrogen-bond donors (Lipinski definition) is 2. The lowest BCUT2D eigenvalue weighted by Crippen LogP contribution is -2.10. The van der Waals surface area contributed by atoms with E-state index < -0.39 is 0 Å². The maximum absolute atomic E-state index is 8.91. The van der Waals surface area contributed by atoms with Gasteiger partial charge >= 0.3 is 0 Å². The van der Waals surface area contributed by atoms with Crippen molar-refractivity contribution in [2.24, 2.45) is 0 Å². The molecule has 0 bridgehead atoms. The molecule has 0 aromatic heterocycles. The number of hydrogen-bond acceptors (Lipinski definition) is 2. The number of anilines is 1. The summed E-state index contributed by atoms with van der Waals surface area (Å²) in [4.78, 5) is 0. The fourth-order valence-corrected chi connectivity index (χ4v) is 1.30. The summed E-state index contributed by atoms with van der Waals surface area (Å²) in [7, 11) is 0. The molecule has 0 fully saturated rings. The smallest absolute Gasteiger partial charge is 0.0681 e. The molecule has 0 amide bonds. The zero-order valence-corrected chi connectivity index (χ0v) is 8.46. The van der Waals surface area contributed by atoms with E-state index in [4.69, 9.17) is 5.11 Å². The molecule has 1 aromatic carbocycles. The highest BCUT2D eigenvalue weighted by Crippen LogP contribution is 2.17. The van der Waals surface area contributed by atoms with Gasteiger partial charge in [-0.25, -0.2) is 0 Å². The summed E-state index contributed by atoms with van der Waals surface area (Å²) in [5, 5.41) is 12.3. The fourth-order valence-electron chi connectivity index (χ4n) is 1.30. The number of aliphatic hydroxyl groups is 1. The quantitative estimate of drug-likeness (QED) is 0.746. The van der Waals surface area contributed by atoms with Crippen molar-refractivity contribution in [3.8, 4) is 0 Å². The van der Waals surface area contributed by atoms with Crippen LogP contribution in [0.3, 0.4) is 0 Å². The number of rotatable bonds is 3. The van der Waals surface area contributed by atoms with Crippen LogP contribution in [0.2, 0.25) is 0 Å². The molecule has 2 nitrogen and oxygen atoms in total. The summed E-state index contributed by atoms with van der Waals surface area (Å²) >= 11 is 0. The topological polar surface area (TPSA) is 32.3 Å². The zero-order valence-electron chi connectivity index (χ0n) is 8.46. The Morgan fingerprint density at radius 2 is 2.08 bits per heavy atom. The van der Waals surface area contributed by atoms with Crippen molar-refractivity contribution in [2.75, 3.05) is 5.32 Å². The van der Waals surface area contributed by atoms with Crippen molar-refractivity contribution in [2.45, 2.75) is 33.4 Å². The van der Waals surface area contributed by atoms with E-state index in [1.165, 1.54) is 5.56 Å². The first-order valence-corrected chi connectivity index (χ1v) is 4.60. The van der Waals surface area contributed by atoms with E-state index in [0.717, 1.165) is 11.3 Å². The van der Waals surface area contributed by atoms with Gasteiger partial charge in [0.15, 0.2) is 0 Å². The molecule has 0 aliphatic rings. The van der Waals surface area contributed by atoms with Gasteiger partial charge in [0.05, 0.1) is 6.61 Å². The lowest BCUT2D eigenvalue weighted by atomic mass is 10.1. The third-order valence-corrected chi connectivity index (χ3v) is 1.92. The fraction of sp³-hybridized carbons (Fsp3) is 0.455. The minimum absolute atomic E-state index is 0.114. The van der Waals surface area contributed by atoms with Crippen LogP contribution in [0.4, 0.5) is 5.69 Å². The Bertz CT molecular complexity index is 281. The Morgan fingerprint density at radius 3 is 2.54 bits per heavy atom. The SMILES string of the molecule is Cc1cc(CO)ccc1NC(C)C. The van der Waals surface area contributed by atoms with Gasteiger partial charge in [-0.3, -0.25) is 0 Å². The maximum atomic E-state index is 8.91. The second kappa shape index (κ2) is 4.28. The average molecular weight is 179 g/mol. The predicted molar refractivity (Wildman–Crippen MR) is 55.9 cm³/mol. The molecule has 2 N–H and O–H groups in total. The summed E-state index contributed by atoms with van der Waals surface area (Å²) < 4.78 is 0. The summed E-state index contributed by atoms with van der Waals surface area (Å²) in [6.45, 7) is 6.38. The van der Waals surface area contributed by atoms with Gasteiger partial charge in [0.1, 0.15) is 0 Å². The lowest BCUT2D eigenvalue weighted by Gasteiger charge is -2.13. The average Bonchev–Trinajstić information content (AvgIpc) is 2.08. The molecule has 0 atom stereocenters. The Kier molecular flexibility index (Phi) is 3.32. The largest absolute Gasteiger partial charge is 0.392 e. The molecule has 2 heteroatoms. The molecule has 13 heavy (non-hydrogen) atoms. The number of aliphatic hydroxyl groups excluding tert-OH is 1. The third-order valence-electron chi connectivity index (χ3n) is 1.92. The Morgan fingerprint density at radius 1 is 1.38 bits per heavy atom. The zero-order chi connectivity index (χ0) is 9.84. The van der Waals surface area contributed by atoms with Crippen molar-refractivity contribution in [1.82, 2.24) is 0 Å². The van der Waals surface area contributed by atoms with Crippen molar-refractivity contribution in [3.63, 3.8) is 0 Å². The summed E-state index contributed by atoms with van der Waals surface area (Å²) in [6.07, 6.45) is 0. The van der Waals surface area contributed by atoms with Gasteiger partial charge in [-0.2, -0.15) is 0 Å². The van der Waals surface area contributed by atoms with Crippen molar-refractivity contribution >= 4 is 5.69 Å². The first-order chi connectivity index (χ1) is 6.13. The summed E-state index contributed by atoms with van der Waals surface area (Å²) in [5.41, 5.74) is 3.29. The van der Waals surface area contributed by atoms with Gasteiger partial charge in [-0.15, -0.1) is 0 Å². The molecule has 0 spiro atoms. The van der Waals surface area contributed by atoms with Crippen LogP contribution in [-0.2, 0) is 6.61 Å². The molecule has 72 valence electrons. The van der Waals surface area contributed by atoms with Crippen LogP contribution >= 0.6 is 0 Å². The molecule has 0 saturated heterocycles. The normalized spacial score (nSPS) is 10.5. The van der Waals surface area contributed by atoms with E-state index in [-0.39, 0.29) is 6.61 Å². The van der Waals surface area contributed by atoms with Crippen molar-refractivity contribution < 1.29 is 5.11 Å². The molecule has 1 rings (SSSR count). The third kappa shape index (κ3) is 2.74. The van der Waals surface area contributed by atoms with Gasteiger partial charge in [0.2, 0.25) is 0 Å². The van der Waals surface area contributed by atoms with Gasteiger partial charge in [-0.05, 0) is 38.0 Å². The van der Waals surface area contributed by atoms with Crippen LogP contribution in [0.25, 0.3) is 0 Å². The van der Waals surface area contributed by atoms with Crippen LogP contribution in [0.15, 0.2) is 18.2 Å². The minimum Gasteiger partial charge on any atom is -0.392 e. The summed E-state index contributed by atoms with van der Waals surface area (Å²) in [6, 6.07) is 6.40. The van der Waals surface area contributed by atoms with E-state index in [9.17, 15) is 0 Å². The molecule has 0 aliphatic heterocycles. The van der Waals surface area contributed by atoms with Gasteiger partial charge in [-0.1, -0.05) is 12.1 Å². The van der Waals surface area contributed by atoms with Crippen LogP contribution in [-0.4, -0.2) is 11.1 Å². The number of aryl methyl sites for hydroxylation is 1. The van der Waals surface area contributed by atoms with Gasteiger partial charge < -0.3 is 10.4 Å². The molecule has 0 aliphatic carbocycles. The Balaban J connectivity index is 2.85. The number of nitrogens with one attached hydrogen (secondary N) is 1. The first-order valence-electron chi connectivity index (χ1n) is 4.60. The van der Waals surface area contributed by atoms with Crippen LogP contribution in [0.5, 0.6) is 0 Å². The summed E-state index contributed by atoms with van der Waals surface area (Å²) in [5.74, 6) is 0. The monoisotopic (exact) mass is 179 g/mol. The maximum Gasteiger partial charge on any atom is 0.0681 e. The van der Waals surface area contributed by atoms with Crippen LogP contribution < -0.4 is 5.32 Å². The van der Waals surface area contributed by atoms with Gasteiger partial charge in [0, 0.05) is 11.7 Å². The molecule has 0 radical (unpaired) electrons. The molecular formula is C11H17NO. The molecule has 0 unspecified atom stereocenters. The molecule has 1 aromatic rings. The van der Waals surface area contributed by atoms with E-state index >= 15 is 0 Å². The van der Waals surface area contributed by atoms with E-state index in [2.05, 4.69) is 19.2 Å². The standard InChI is InChI=1S/C11H17NO/c1-8(2)12-11-5-4-10(7-13)6-9(11)3/h4-6,8,12-13H,7H2,1-3H3. The highest BCUT2D eigenvalue weighted by molar-refractivity contribution is 5.52.